The quantitative estimate of drug-likeness (QED) is 0.705. The monoisotopic (exact) mass is 259 g/mol. The van der Waals surface area contributed by atoms with Crippen molar-refractivity contribution in [3.05, 3.63) is 0 Å². The highest BCUT2D eigenvalue weighted by Crippen LogP contribution is 2.14. The van der Waals surface area contributed by atoms with Crippen molar-refractivity contribution in [2.75, 3.05) is 40.3 Å². The number of carbonyl (C=O) groups excluding carboxylic acids is 1. The molecule has 6 nitrogen and oxygen atoms in total. The number of nitrogens with one attached hydrogen (secondary N) is 1. The largest absolute Gasteiger partial charge is 0.480 e. The van der Waals surface area contributed by atoms with Crippen molar-refractivity contribution in [3.63, 3.8) is 0 Å². The molecule has 0 aromatic heterocycles. The molecular formula is C12H25N3O3. The van der Waals surface area contributed by atoms with E-state index in [-0.39, 0.29) is 18.0 Å². The number of nitrogens with zero attached hydrogens (tertiary/aromatic N) is 2. The molecule has 0 unspecified atom stereocenters. The Labute approximate surface area is 109 Å². The van der Waals surface area contributed by atoms with Gasteiger partial charge in [-0.25, -0.2) is 4.79 Å². The van der Waals surface area contributed by atoms with Gasteiger partial charge >= 0.3 is 12.0 Å². The minimum Gasteiger partial charge on any atom is -0.480 e. The van der Waals surface area contributed by atoms with Gasteiger partial charge < -0.3 is 20.2 Å². The van der Waals surface area contributed by atoms with Gasteiger partial charge in [-0.15, -0.1) is 0 Å². The van der Waals surface area contributed by atoms with Crippen LogP contribution < -0.4 is 5.32 Å². The molecule has 2 N–H and O–H groups in total. The number of hydrogen-bond donors (Lipinski definition) is 2. The van der Waals surface area contributed by atoms with E-state index < -0.39 is 5.97 Å². The van der Waals surface area contributed by atoms with Gasteiger partial charge in [0, 0.05) is 19.6 Å². The SMILES string of the molecule is CCN(CC(=O)O)C(=O)NCC(C)(C)CN(C)C. The number of rotatable bonds is 7. The van der Waals surface area contributed by atoms with E-state index >= 15 is 0 Å². The summed E-state index contributed by atoms with van der Waals surface area (Å²) < 4.78 is 0. The Morgan fingerprint density at radius 3 is 2.22 bits per heavy atom. The van der Waals surface area contributed by atoms with Crippen LogP contribution in [0, 0.1) is 5.41 Å². The first kappa shape index (κ1) is 16.7. The van der Waals surface area contributed by atoms with E-state index in [1.807, 2.05) is 14.1 Å². The van der Waals surface area contributed by atoms with Crippen LogP contribution in [0.1, 0.15) is 20.8 Å². The number of carboxylic acids is 1. The molecule has 0 rings (SSSR count). The molecule has 0 aliphatic rings. The fourth-order valence-electron chi connectivity index (χ4n) is 1.83. The van der Waals surface area contributed by atoms with Crippen molar-refractivity contribution >= 4 is 12.0 Å². The van der Waals surface area contributed by atoms with Gasteiger partial charge in [0.25, 0.3) is 0 Å². The fraction of sp³-hybridized carbons (Fsp3) is 0.833. The lowest BCUT2D eigenvalue weighted by molar-refractivity contribution is -0.137. The molecule has 18 heavy (non-hydrogen) atoms. The zero-order chi connectivity index (χ0) is 14.3. The maximum Gasteiger partial charge on any atom is 0.323 e. The topological polar surface area (TPSA) is 72.9 Å². The summed E-state index contributed by atoms with van der Waals surface area (Å²) in [5.74, 6) is -1.00. The minimum atomic E-state index is -1.00. The lowest BCUT2D eigenvalue weighted by atomic mass is 9.93. The lowest BCUT2D eigenvalue weighted by Crippen LogP contribution is -2.47. The van der Waals surface area contributed by atoms with Gasteiger partial charge in [0.1, 0.15) is 6.54 Å². The predicted octanol–water partition coefficient (Wildman–Crippen LogP) is 0.690. The normalized spacial score (nSPS) is 11.4. The van der Waals surface area contributed by atoms with E-state index in [1.165, 1.54) is 4.90 Å². The van der Waals surface area contributed by atoms with Gasteiger partial charge in [-0.3, -0.25) is 4.79 Å². The molecule has 0 aromatic rings. The number of carbonyl (C=O) groups is 2. The molecule has 6 heteroatoms. The van der Waals surface area contributed by atoms with Crippen LogP contribution in [0.15, 0.2) is 0 Å². The number of aliphatic carboxylic acids is 1. The van der Waals surface area contributed by atoms with Crippen LogP contribution >= 0.6 is 0 Å². The van der Waals surface area contributed by atoms with Crippen molar-refractivity contribution < 1.29 is 14.7 Å². The molecule has 0 radical (unpaired) electrons. The second kappa shape index (κ2) is 7.20. The van der Waals surface area contributed by atoms with Crippen molar-refractivity contribution in [2.45, 2.75) is 20.8 Å². The highest BCUT2D eigenvalue weighted by molar-refractivity contribution is 5.80. The molecule has 2 amide bonds. The molecular weight excluding hydrogens is 234 g/mol. The number of hydrogen-bond acceptors (Lipinski definition) is 3. The summed E-state index contributed by atoms with van der Waals surface area (Å²) >= 11 is 0. The molecule has 0 saturated carbocycles. The number of amides is 2. The van der Waals surface area contributed by atoms with Crippen molar-refractivity contribution in [1.29, 1.82) is 0 Å². The Bertz CT molecular complexity index is 290. The molecule has 0 spiro atoms. The molecule has 0 aromatic carbocycles. The molecule has 0 atom stereocenters. The Hall–Kier alpha value is -1.30. The van der Waals surface area contributed by atoms with Gasteiger partial charge in [0.15, 0.2) is 0 Å². The summed E-state index contributed by atoms with van der Waals surface area (Å²) in [6, 6.07) is -0.327. The van der Waals surface area contributed by atoms with Crippen LogP contribution in [0.2, 0.25) is 0 Å². The first-order valence-corrected chi connectivity index (χ1v) is 6.07. The summed E-state index contributed by atoms with van der Waals surface area (Å²) in [6.45, 7) is 7.34. The summed E-state index contributed by atoms with van der Waals surface area (Å²) in [5.41, 5.74) is -0.0538. The van der Waals surface area contributed by atoms with E-state index in [4.69, 9.17) is 5.11 Å². The Morgan fingerprint density at radius 2 is 1.83 bits per heavy atom. The maximum absolute atomic E-state index is 11.8. The van der Waals surface area contributed by atoms with E-state index in [9.17, 15) is 9.59 Å². The third-order valence-corrected chi connectivity index (χ3v) is 2.46. The molecule has 0 aliphatic heterocycles. The summed E-state index contributed by atoms with van der Waals surface area (Å²) in [6.07, 6.45) is 0. The van der Waals surface area contributed by atoms with Crippen LogP contribution in [0.4, 0.5) is 4.79 Å². The van der Waals surface area contributed by atoms with Crippen LogP contribution in [-0.4, -0.2) is 67.2 Å². The van der Waals surface area contributed by atoms with E-state index in [2.05, 4.69) is 24.1 Å². The molecule has 0 heterocycles. The second-order valence-electron chi connectivity index (χ2n) is 5.47. The van der Waals surface area contributed by atoms with Crippen LogP contribution in [0.3, 0.4) is 0 Å². The highest BCUT2D eigenvalue weighted by atomic mass is 16.4. The zero-order valence-electron chi connectivity index (χ0n) is 12.0. The molecule has 0 aliphatic carbocycles. The van der Waals surface area contributed by atoms with Crippen molar-refractivity contribution in [3.8, 4) is 0 Å². The van der Waals surface area contributed by atoms with Gasteiger partial charge in [-0.1, -0.05) is 13.8 Å². The van der Waals surface area contributed by atoms with Gasteiger partial charge in [0.05, 0.1) is 0 Å². The molecule has 0 bridgehead atoms. The van der Waals surface area contributed by atoms with E-state index in [1.54, 1.807) is 6.92 Å². The Balaban J connectivity index is 4.26. The number of urea groups is 1. The Morgan fingerprint density at radius 1 is 1.28 bits per heavy atom. The van der Waals surface area contributed by atoms with Gasteiger partial charge in [0.2, 0.25) is 0 Å². The van der Waals surface area contributed by atoms with E-state index in [0.717, 1.165) is 6.54 Å². The van der Waals surface area contributed by atoms with E-state index in [0.29, 0.717) is 13.1 Å². The zero-order valence-corrected chi connectivity index (χ0v) is 12.0. The third-order valence-electron chi connectivity index (χ3n) is 2.46. The summed E-state index contributed by atoms with van der Waals surface area (Å²) in [7, 11) is 3.96. The van der Waals surface area contributed by atoms with Crippen LogP contribution in [0.5, 0.6) is 0 Å². The van der Waals surface area contributed by atoms with Crippen molar-refractivity contribution in [2.24, 2.45) is 5.41 Å². The highest BCUT2D eigenvalue weighted by Gasteiger charge is 2.22. The average Bonchev–Trinajstić information content (AvgIpc) is 2.20. The average molecular weight is 259 g/mol. The summed E-state index contributed by atoms with van der Waals surface area (Å²) in [4.78, 5) is 25.7. The first-order chi connectivity index (χ1) is 8.18. The first-order valence-electron chi connectivity index (χ1n) is 6.07. The fourth-order valence-corrected chi connectivity index (χ4v) is 1.83. The third kappa shape index (κ3) is 7.11. The second-order valence-corrected chi connectivity index (χ2v) is 5.47. The number of carboxylic acid groups (broad SMARTS) is 1. The lowest BCUT2D eigenvalue weighted by Gasteiger charge is -2.29. The summed E-state index contributed by atoms with van der Waals surface area (Å²) in [5, 5.41) is 11.5. The predicted molar refractivity (Wildman–Crippen MR) is 70.6 cm³/mol. The smallest absolute Gasteiger partial charge is 0.323 e. The molecule has 0 fully saturated rings. The standard InChI is InChI=1S/C12H25N3O3/c1-6-15(7-10(16)17)11(18)13-8-12(2,3)9-14(4)5/h6-9H2,1-5H3,(H,13,18)(H,16,17). The van der Waals surface area contributed by atoms with Gasteiger partial charge in [-0.05, 0) is 26.4 Å². The number of likely N-dealkylation sites (N-methyl/N-ethyl adjacent to an activating group) is 1. The Kier molecular flexibility index (Phi) is 6.68. The maximum atomic E-state index is 11.8. The minimum absolute atomic E-state index is 0.0538. The van der Waals surface area contributed by atoms with Crippen molar-refractivity contribution in [1.82, 2.24) is 15.1 Å². The molecule has 106 valence electrons. The molecule has 0 saturated heterocycles. The van der Waals surface area contributed by atoms with Crippen LogP contribution in [-0.2, 0) is 4.79 Å². The van der Waals surface area contributed by atoms with Gasteiger partial charge in [-0.2, -0.15) is 0 Å². The van der Waals surface area contributed by atoms with Crippen LogP contribution in [0.25, 0.3) is 0 Å².